The van der Waals surface area contributed by atoms with E-state index < -0.39 is 23.4 Å². The zero-order valence-corrected chi connectivity index (χ0v) is 21.0. The van der Waals surface area contributed by atoms with Crippen molar-refractivity contribution in [3.63, 3.8) is 0 Å². The van der Waals surface area contributed by atoms with E-state index in [9.17, 15) is 14.4 Å². The average molecular weight is 526 g/mol. The Morgan fingerprint density at radius 3 is 2.38 bits per heavy atom. The number of halogens is 3. The van der Waals surface area contributed by atoms with Crippen molar-refractivity contribution in [1.82, 2.24) is 14.7 Å². The van der Waals surface area contributed by atoms with Gasteiger partial charge in [-0.1, -0.05) is 42.5 Å². The summed E-state index contributed by atoms with van der Waals surface area (Å²) >= 11 is 0. The van der Waals surface area contributed by atoms with Gasteiger partial charge in [-0.3, -0.25) is 4.79 Å². The number of primary amides is 1. The fourth-order valence-corrected chi connectivity index (χ4v) is 4.66. The topological polar surface area (TPSA) is 87.9 Å². The van der Waals surface area contributed by atoms with Crippen molar-refractivity contribution < 1.29 is 18.0 Å². The number of benzene rings is 4. The van der Waals surface area contributed by atoms with E-state index in [0.717, 1.165) is 21.9 Å². The lowest BCUT2D eigenvalue weighted by Crippen LogP contribution is -2.12. The summed E-state index contributed by atoms with van der Waals surface area (Å²) in [6.07, 6.45) is 0. The summed E-state index contributed by atoms with van der Waals surface area (Å²) in [6, 6.07) is 20.3. The Morgan fingerprint density at radius 2 is 1.69 bits per heavy atom. The minimum atomic E-state index is -0.902. The molecule has 1 amide bonds. The van der Waals surface area contributed by atoms with Gasteiger partial charge in [0.15, 0.2) is 11.5 Å². The molecule has 2 N–H and O–H groups in total. The summed E-state index contributed by atoms with van der Waals surface area (Å²) in [7, 11) is 3.89. The highest BCUT2D eigenvalue weighted by Gasteiger charge is 2.23. The number of rotatable bonds is 6. The lowest BCUT2D eigenvalue weighted by atomic mass is 9.95. The lowest BCUT2D eigenvalue weighted by molar-refractivity contribution is 0.0996. The van der Waals surface area contributed by atoms with Gasteiger partial charge in [-0.05, 0) is 61.1 Å². The first kappa shape index (κ1) is 25.7. The third-order valence-electron chi connectivity index (χ3n) is 6.41. The molecule has 0 aliphatic carbocycles. The number of aromatic nitrogens is 2. The lowest BCUT2D eigenvalue weighted by Gasteiger charge is -2.15. The standard InChI is InChI=1S/C30H22F3N5O/c1-37(2)16-18-5-3-4-6-21(18)17-7-9-22(26(32)14-17)23-10-11-24-28(30(35)39)36-38(29(24)27(23)33)20-8-12-25(31)19(13-20)15-34/h3-14H,16H2,1-2H3,(H2,35,39). The number of nitriles is 1. The Kier molecular flexibility index (Phi) is 6.64. The summed E-state index contributed by atoms with van der Waals surface area (Å²) in [5.74, 6) is -3.15. The summed E-state index contributed by atoms with van der Waals surface area (Å²) in [5, 5.41) is 13.5. The van der Waals surface area contributed by atoms with Crippen molar-refractivity contribution in [2.75, 3.05) is 14.1 Å². The molecule has 5 aromatic rings. The first-order valence-electron chi connectivity index (χ1n) is 11.9. The maximum Gasteiger partial charge on any atom is 0.269 e. The molecule has 0 saturated heterocycles. The molecule has 0 aliphatic rings. The fraction of sp³-hybridized carbons (Fsp3) is 0.100. The van der Waals surface area contributed by atoms with E-state index in [0.29, 0.717) is 12.1 Å². The molecule has 194 valence electrons. The average Bonchev–Trinajstić information content (AvgIpc) is 3.30. The molecule has 39 heavy (non-hydrogen) atoms. The second-order valence-electron chi connectivity index (χ2n) is 9.31. The van der Waals surface area contributed by atoms with E-state index in [-0.39, 0.29) is 39.0 Å². The maximum atomic E-state index is 16.1. The summed E-state index contributed by atoms with van der Waals surface area (Å²) in [4.78, 5) is 14.1. The van der Waals surface area contributed by atoms with Gasteiger partial charge in [-0.15, -0.1) is 0 Å². The molecule has 5 rings (SSSR count). The first-order valence-corrected chi connectivity index (χ1v) is 11.9. The third-order valence-corrected chi connectivity index (χ3v) is 6.41. The largest absolute Gasteiger partial charge is 0.364 e. The Hall–Kier alpha value is -4.94. The van der Waals surface area contributed by atoms with E-state index in [4.69, 9.17) is 5.73 Å². The fourth-order valence-electron chi connectivity index (χ4n) is 4.66. The van der Waals surface area contributed by atoms with E-state index in [1.807, 2.05) is 43.3 Å². The molecular weight excluding hydrogens is 503 g/mol. The minimum Gasteiger partial charge on any atom is -0.364 e. The van der Waals surface area contributed by atoms with Crippen molar-refractivity contribution in [3.8, 4) is 34.0 Å². The highest BCUT2D eigenvalue weighted by atomic mass is 19.1. The number of fused-ring (bicyclic) bond motifs is 1. The summed E-state index contributed by atoms with van der Waals surface area (Å²) < 4.78 is 46.7. The van der Waals surface area contributed by atoms with Crippen LogP contribution >= 0.6 is 0 Å². The molecule has 6 nitrogen and oxygen atoms in total. The molecule has 0 radical (unpaired) electrons. The zero-order valence-electron chi connectivity index (χ0n) is 21.0. The van der Waals surface area contributed by atoms with Crippen molar-refractivity contribution in [2.24, 2.45) is 5.73 Å². The number of hydrogen-bond donors (Lipinski definition) is 1. The third kappa shape index (κ3) is 4.62. The van der Waals surface area contributed by atoms with Crippen LogP contribution in [0.5, 0.6) is 0 Å². The molecule has 1 aromatic heterocycles. The van der Waals surface area contributed by atoms with Crippen molar-refractivity contribution >= 4 is 16.8 Å². The van der Waals surface area contributed by atoms with Gasteiger partial charge in [-0.2, -0.15) is 10.4 Å². The second-order valence-corrected chi connectivity index (χ2v) is 9.31. The van der Waals surface area contributed by atoms with Gasteiger partial charge in [0.1, 0.15) is 23.2 Å². The molecule has 4 aromatic carbocycles. The normalized spacial score (nSPS) is 11.2. The van der Waals surface area contributed by atoms with Gasteiger partial charge in [0, 0.05) is 23.1 Å². The SMILES string of the molecule is CN(C)Cc1ccccc1-c1ccc(-c2ccc3c(C(N)=O)nn(-c4ccc(F)c(C#N)c4)c3c2F)c(F)c1. The molecule has 0 unspecified atom stereocenters. The molecule has 0 aliphatic heterocycles. The summed E-state index contributed by atoms with van der Waals surface area (Å²) in [6.45, 7) is 0.661. The Labute approximate surface area is 222 Å². The number of carbonyl (C=O) groups is 1. The van der Waals surface area contributed by atoms with Gasteiger partial charge in [0.2, 0.25) is 0 Å². The minimum absolute atomic E-state index is 0.00781. The predicted molar refractivity (Wildman–Crippen MR) is 142 cm³/mol. The van der Waals surface area contributed by atoms with Crippen LogP contribution in [-0.4, -0.2) is 34.7 Å². The van der Waals surface area contributed by atoms with Crippen LogP contribution in [-0.2, 0) is 6.54 Å². The highest BCUT2D eigenvalue weighted by Crippen LogP contribution is 2.35. The molecular formula is C30H22F3N5O. The Bertz CT molecular complexity index is 1800. The second kappa shape index (κ2) is 10.1. The zero-order chi connectivity index (χ0) is 27.8. The molecule has 0 saturated carbocycles. The predicted octanol–water partition coefficient (Wildman–Crippen LogP) is 5.81. The van der Waals surface area contributed by atoms with Crippen molar-refractivity contribution in [1.29, 1.82) is 5.26 Å². The monoisotopic (exact) mass is 525 g/mol. The van der Waals surface area contributed by atoms with Crippen LogP contribution in [0.2, 0.25) is 0 Å². The van der Waals surface area contributed by atoms with Crippen molar-refractivity contribution in [2.45, 2.75) is 6.54 Å². The maximum absolute atomic E-state index is 16.1. The number of hydrogen-bond acceptors (Lipinski definition) is 4. The Balaban J connectivity index is 1.67. The number of carbonyl (C=O) groups excluding carboxylic acids is 1. The number of nitrogens with two attached hydrogens (primary N) is 1. The van der Waals surface area contributed by atoms with E-state index in [2.05, 4.69) is 5.10 Å². The quantitative estimate of drug-likeness (QED) is 0.303. The van der Waals surface area contributed by atoms with Crippen LogP contribution in [0.15, 0.2) is 72.8 Å². The molecule has 0 atom stereocenters. The number of nitrogens with zero attached hydrogens (tertiary/aromatic N) is 4. The van der Waals surface area contributed by atoms with Crippen LogP contribution in [0.1, 0.15) is 21.6 Å². The first-order chi connectivity index (χ1) is 18.7. The molecule has 1 heterocycles. The van der Waals surface area contributed by atoms with Gasteiger partial charge >= 0.3 is 0 Å². The van der Waals surface area contributed by atoms with Crippen LogP contribution < -0.4 is 5.73 Å². The van der Waals surface area contributed by atoms with Crippen LogP contribution in [0.3, 0.4) is 0 Å². The number of amides is 1. The molecule has 0 bridgehead atoms. The van der Waals surface area contributed by atoms with E-state index >= 15 is 8.78 Å². The van der Waals surface area contributed by atoms with Crippen LogP contribution in [0, 0.1) is 28.8 Å². The van der Waals surface area contributed by atoms with Crippen LogP contribution in [0.4, 0.5) is 13.2 Å². The smallest absolute Gasteiger partial charge is 0.269 e. The Morgan fingerprint density at radius 1 is 0.949 bits per heavy atom. The van der Waals surface area contributed by atoms with E-state index in [1.54, 1.807) is 12.1 Å². The molecule has 0 spiro atoms. The van der Waals surface area contributed by atoms with Gasteiger partial charge in [0.05, 0.1) is 11.3 Å². The van der Waals surface area contributed by atoms with Gasteiger partial charge < -0.3 is 10.6 Å². The van der Waals surface area contributed by atoms with Gasteiger partial charge in [0.25, 0.3) is 5.91 Å². The molecule has 0 fully saturated rings. The van der Waals surface area contributed by atoms with Crippen LogP contribution in [0.25, 0.3) is 38.8 Å². The van der Waals surface area contributed by atoms with Gasteiger partial charge in [-0.25, -0.2) is 17.9 Å². The van der Waals surface area contributed by atoms with Crippen molar-refractivity contribution in [3.05, 3.63) is 107 Å². The molecule has 9 heteroatoms. The van der Waals surface area contributed by atoms with E-state index in [1.165, 1.54) is 36.4 Å². The highest BCUT2D eigenvalue weighted by molar-refractivity contribution is 6.05. The summed E-state index contributed by atoms with van der Waals surface area (Å²) in [5.41, 5.74) is 7.42.